The first kappa shape index (κ1) is 15.6. The van der Waals surface area contributed by atoms with E-state index >= 15 is 0 Å². The second kappa shape index (κ2) is 4.01. The number of carbonyl (C=O) groups excluding carboxylic acids is 1. The molecule has 0 amide bonds. The summed E-state index contributed by atoms with van der Waals surface area (Å²) in [4.78, 5) is 11.2. The molecular weight excluding hydrogens is 381 g/mol. The van der Waals surface area contributed by atoms with E-state index in [1.807, 2.05) is 0 Å². The van der Waals surface area contributed by atoms with Crippen LogP contribution in [0.25, 0.3) is 0 Å². The van der Waals surface area contributed by atoms with Gasteiger partial charge in [0.25, 0.3) is 0 Å². The molecule has 104 valence electrons. The highest BCUT2D eigenvalue weighted by Crippen LogP contribution is 2.53. The molecule has 0 saturated carbocycles. The average molecular weight is 388 g/mol. The lowest BCUT2D eigenvalue weighted by Gasteiger charge is -2.31. The van der Waals surface area contributed by atoms with Crippen molar-refractivity contribution in [3.8, 4) is 0 Å². The van der Waals surface area contributed by atoms with Crippen LogP contribution in [0.2, 0.25) is 0 Å². The summed E-state index contributed by atoms with van der Waals surface area (Å²) in [5, 5.41) is 0. The zero-order chi connectivity index (χ0) is 14.6. The van der Waals surface area contributed by atoms with Gasteiger partial charge in [0, 0.05) is 28.7 Å². The van der Waals surface area contributed by atoms with E-state index in [2.05, 4.69) is 4.74 Å². The van der Waals surface area contributed by atoms with Gasteiger partial charge >= 0.3 is 15.8 Å². The molecule has 18 heavy (non-hydrogen) atoms. The molecule has 9 heteroatoms. The molecule has 0 aromatic carbocycles. The minimum Gasteiger partial charge on any atom is -0.477 e. The topological polar surface area (TPSA) is 26.3 Å². The van der Waals surface area contributed by atoms with Crippen molar-refractivity contribution in [3.05, 3.63) is 11.8 Å². The van der Waals surface area contributed by atoms with E-state index in [0.717, 1.165) is 13.8 Å². The Kier molecular flexibility index (Phi) is 3.47. The number of ketones is 1. The third kappa shape index (κ3) is 2.21. The summed E-state index contributed by atoms with van der Waals surface area (Å²) in [7, 11) is 0. The fraction of sp³-hybridized carbons (Fsp3) is 0.667. The molecule has 0 N–H and O–H groups in total. The normalized spacial score (nSPS) is 20.7. The van der Waals surface area contributed by atoms with Gasteiger partial charge in [-0.2, -0.15) is 26.3 Å². The van der Waals surface area contributed by atoms with E-state index in [-0.39, 0.29) is 28.7 Å². The van der Waals surface area contributed by atoms with Crippen LogP contribution in [0.5, 0.6) is 0 Å². The molecule has 0 aromatic rings. The van der Waals surface area contributed by atoms with Gasteiger partial charge in [-0.05, 0) is 13.8 Å². The molecule has 0 saturated heterocycles. The number of alkyl halides is 7. The molecule has 0 aliphatic carbocycles. The van der Waals surface area contributed by atoms with Crippen molar-refractivity contribution < 1.29 is 35.9 Å². The number of hydrogen-bond donors (Lipinski definition) is 0. The summed E-state index contributed by atoms with van der Waals surface area (Å²) in [6.45, 7) is 2.13. The van der Waals surface area contributed by atoms with E-state index in [4.69, 9.17) is 0 Å². The quantitative estimate of drug-likeness (QED) is 0.420. The Balaban J connectivity index is 3.18. The van der Waals surface area contributed by atoms with Crippen LogP contribution in [0.4, 0.5) is 26.3 Å². The summed E-state index contributed by atoms with van der Waals surface area (Å²) in [6, 6.07) is 0. The molecule has 1 aliphatic rings. The van der Waals surface area contributed by atoms with Crippen molar-refractivity contribution in [2.45, 2.75) is 35.2 Å². The Bertz CT molecular complexity index is 410. The van der Waals surface area contributed by atoms with Crippen LogP contribution in [0.3, 0.4) is 0 Å². The van der Waals surface area contributed by atoms with E-state index in [1.54, 1.807) is 0 Å². The Morgan fingerprint density at radius 3 is 1.89 bits per heavy atom. The second-order valence-electron chi connectivity index (χ2n) is 4.13. The van der Waals surface area contributed by atoms with Crippen molar-refractivity contribution in [3.63, 3.8) is 0 Å². The van der Waals surface area contributed by atoms with Gasteiger partial charge in [0.05, 0.1) is 0 Å². The van der Waals surface area contributed by atoms with Crippen LogP contribution in [0.1, 0.15) is 13.8 Å². The molecule has 1 rings (SSSR count). The molecule has 0 unspecified atom stereocenters. The van der Waals surface area contributed by atoms with Crippen molar-refractivity contribution in [1.82, 2.24) is 0 Å². The molecule has 1 heterocycles. The Morgan fingerprint density at radius 1 is 1.17 bits per heavy atom. The van der Waals surface area contributed by atoms with E-state index in [1.165, 1.54) is 0 Å². The first-order chi connectivity index (χ1) is 7.73. The van der Waals surface area contributed by atoms with Gasteiger partial charge in [0.1, 0.15) is 0 Å². The maximum atomic E-state index is 13.3. The summed E-state index contributed by atoms with van der Waals surface area (Å²) >= 11 is -0.0859. The van der Waals surface area contributed by atoms with Gasteiger partial charge in [-0.25, -0.2) is 0 Å². The number of allylic oxidation sites excluding steroid dienone is 1. The van der Waals surface area contributed by atoms with E-state index < -0.39 is 32.9 Å². The van der Waals surface area contributed by atoms with Crippen LogP contribution in [-0.4, -0.2) is 27.2 Å². The molecule has 1 aliphatic heterocycles. The lowest BCUT2D eigenvalue weighted by molar-refractivity contribution is -0.267. The molecular formula is C9H7F6IO2. The van der Waals surface area contributed by atoms with Gasteiger partial charge in [0.15, 0.2) is 11.4 Å². The van der Waals surface area contributed by atoms with Gasteiger partial charge in [-0.3, -0.25) is 4.79 Å². The maximum Gasteiger partial charge on any atom is 0.388 e. The lowest BCUT2D eigenvalue weighted by atomic mass is 10.1. The van der Waals surface area contributed by atoms with Crippen LogP contribution in [0, 0.1) is 0 Å². The molecule has 0 aromatic heterocycles. The molecule has 0 spiro atoms. The highest BCUT2D eigenvalue weighted by molar-refractivity contribution is 14.1. The first-order valence-corrected chi connectivity index (χ1v) is 5.59. The lowest BCUT2D eigenvalue weighted by Crippen LogP contribution is -2.52. The van der Waals surface area contributed by atoms with Crippen LogP contribution < -0.4 is 0 Å². The number of carbonyl (C=O) groups is 1. The smallest absolute Gasteiger partial charge is 0.388 e. The highest BCUT2D eigenvalue weighted by Gasteiger charge is 2.74. The fourth-order valence-corrected chi connectivity index (χ4v) is 1.47. The highest BCUT2D eigenvalue weighted by atomic mass is 127. The summed E-state index contributed by atoms with van der Waals surface area (Å²) in [5.74, 6) is -13.7. The third-order valence-electron chi connectivity index (χ3n) is 2.28. The minimum absolute atomic E-state index is 0.0859. The van der Waals surface area contributed by atoms with Gasteiger partial charge in [-0.15, -0.1) is 0 Å². The Morgan fingerprint density at radius 2 is 1.61 bits per heavy atom. The summed E-state index contributed by atoms with van der Waals surface area (Å²) < 4.78 is 77.1. The largest absolute Gasteiger partial charge is 0.477 e. The second-order valence-corrected chi connectivity index (χ2v) is 5.49. The van der Waals surface area contributed by atoms with Gasteiger partial charge in [-0.1, -0.05) is 0 Å². The first-order valence-electron chi connectivity index (χ1n) is 4.51. The van der Waals surface area contributed by atoms with Crippen molar-refractivity contribution in [2.75, 3.05) is 0 Å². The van der Waals surface area contributed by atoms with Gasteiger partial charge in [0.2, 0.25) is 5.78 Å². The van der Waals surface area contributed by atoms with Crippen LogP contribution >= 0.6 is 22.6 Å². The molecule has 0 radical (unpaired) electrons. The fourth-order valence-electron chi connectivity index (χ4n) is 1.13. The van der Waals surface area contributed by atoms with Crippen molar-refractivity contribution in [1.29, 1.82) is 0 Å². The zero-order valence-corrected chi connectivity index (χ0v) is 11.2. The minimum atomic E-state index is -5.67. The predicted molar refractivity (Wildman–Crippen MR) is 57.1 cm³/mol. The van der Waals surface area contributed by atoms with Crippen LogP contribution in [-0.2, 0) is 9.53 Å². The monoisotopic (exact) mass is 388 g/mol. The summed E-state index contributed by atoms with van der Waals surface area (Å²) in [6.07, 6.45) is 0.121. The van der Waals surface area contributed by atoms with E-state index in [0.29, 0.717) is 0 Å². The predicted octanol–water partition coefficient (Wildman–Crippen LogP) is 3.55. The summed E-state index contributed by atoms with van der Waals surface area (Å²) in [5.41, 5.74) is -1.77. The number of halogens is 7. The van der Waals surface area contributed by atoms with Crippen molar-refractivity contribution >= 4 is 28.4 Å². The molecule has 0 bridgehead atoms. The van der Waals surface area contributed by atoms with Crippen molar-refractivity contribution in [2.24, 2.45) is 0 Å². The molecule has 0 atom stereocenters. The SMILES string of the molecule is CC1(C)OC(C(F)(F)C(F)(F)C(F)(F)I)=CC1=O. The number of hydrogen-bond acceptors (Lipinski definition) is 2. The Labute approximate surface area is 111 Å². The number of rotatable bonds is 3. The maximum absolute atomic E-state index is 13.3. The zero-order valence-electron chi connectivity index (χ0n) is 9.04. The van der Waals surface area contributed by atoms with Gasteiger partial charge < -0.3 is 4.74 Å². The number of ether oxygens (including phenoxy) is 1. The standard InChI is InChI=1S/C9H7F6IO2/c1-6(2)4(17)3-5(18-6)7(10,11)8(12,13)9(14,15)16/h3H,1-2H3. The average Bonchev–Trinajstić information content (AvgIpc) is 2.39. The Hall–Kier alpha value is -0.480. The van der Waals surface area contributed by atoms with Crippen LogP contribution in [0.15, 0.2) is 11.8 Å². The molecule has 2 nitrogen and oxygen atoms in total. The third-order valence-corrected chi connectivity index (χ3v) is 2.96. The van der Waals surface area contributed by atoms with E-state index in [9.17, 15) is 31.1 Å². The molecule has 0 fully saturated rings.